The molecule has 0 aliphatic rings. The van der Waals surface area contributed by atoms with Crippen molar-refractivity contribution in [3.8, 4) is 0 Å². The van der Waals surface area contributed by atoms with Crippen molar-refractivity contribution in [3.63, 3.8) is 0 Å². The summed E-state index contributed by atoms with van der Waals surface area (Å²) in [4.78, 5) is 4.37. The molecule has 0 aliphatic heterocycles. The molecule has 0 N–H and O–H groups in total. The van der Waals surface area contributed by atoms with Crippen molar-refractivity contribution in [2.24, 2.45) is 10.9 Å². The van der Waals surface area contributed by atoms with Crippen LogP contribution in [0, 0.1) is 5.92 Å². The molecule has 0 spiro atoms. The lowest BCUT2D eigenvalue weighted by atomic mass is 10.0. The summed E-state index contributed by atoms with van der Waals surface area (Å²) in [5, 5.41) is 0. The van der Waals surface area contributed by atoms with Crippen LogP contribution < -0.4 is 0 Å². The minimum absolute atomic E-state index is 0.634. The summed E-state index contributed by atoms with van der Waals surface area (Å²) in [6, 6.07) is 10.0. The monoisotopic (exact) mass is 201 g/mol. The highest BCUT2D eigenvalue weighted by molar-refractivity contribution is 5.64. The van der Waals surface area contributed by atoms with E-state index >= 15 is 0 Å². The van der Waals surface area contributed by atoms with E-state index in [0.717, 1.165) is 12.1 Å². The van der Waals surface area contributed by atoms with Crippen molar-refractivity contribution in [3.05, 3.63) is 42.0 Å². The minimum Gasteiger partial charge on any atom is -0.261 e. The van der Waals surface area contributed by atoms with Crippen LogP contribution in [0.1, 0.15) is 27.2 Å². The molecule has 0 amide bonds. The van der Waals surface area contributed by atoms with Crippen molar-refractivity contribution in [2.75, 3.05) is 0 Å². The van der Waals surface area contributed by atoms with E-state index in [2.05, 4.69) is 31.8 Å². The number of para-hydroxylation sites is 1. The molecule has 0 fully saturated rings. The molecule has 0 bridgehead atoms. The molecule has 0 aliphatic carbocycles. The normalized spacial score (nSPS) is 12.7. The maximum Gasteiger partial charge on any atom is 0.0625 e. The van der Waals surface area contributed by atoms with Gasteiger partial charge in [-0.1, -0.05) is 43.7 Å². The first-order chi connectivity index (χ1) is 7.20. The van der Waals surface area contributed by atoms with Crippen LogP contribution in [0.25, 0.3) is 0 Å². The second-order valence-electron chi connectivity index (χ2n) is 3.99. The van der Waals surface area contributed by atoms with E-state index < -0.39 is 0 Å². The van der Waals surface area contributed by atoms with Crippen molar-refractivity contribution in [1.29, 1.82) is 0 Å². The molecule has 0 aromatic heterocycles. The van der Waals surface area contributed by atoms with Gasteiger partial charge in [0.25, 0.3) is 0 Å². The zero-order chi connectivity index (χ0) is 11.1. The minimum atomic E-state index is 0.634. The molecule has 1 aromatic carbocycles. The first-order valence-corrected chi connectivity index (χ1v) is 5.44. The van der Waals surface area contributed by atoms with Gasteiger partial charge in [-0.05, 0) is 25.0 Å². The van der Waals surface area contributed by atoms with Crippen molar-refractivity contribution in [2.45, 2.75) is 27.2 Å². The van der Waals surface area contributed by atoms with Gasteiger partial charge in [0, 0.05) is 12.6 Å². The Morgan fingerprint density at radius 1 is 1.27 bits per heavy atom. The number of aliphatic imine (C=N–C) groups is 1. The molecule has 15 heavy (non-hydrogen) atoms. The van der Waals surface area contributed by atoms with E-state index in [1.165, 1.54) is 5.57 Å². The van der Waals surface area contributed by atoms with Crippen LogP contribution in [-0.2, 0) is 0 Å². The number of benzene rings is 1. The lowest BCUT2D eigenvalue weighted by Gasteiger charge is -2.02. The molecule has 0 saturated heterocycles. The highest BCUT2D eigenvalue weighted by Gasteiger charge is 1.93. The zero-order valence-electron chi connectivity index (χ0n) is 9.77. The van der Waals surface area contributed by atoms with Crippen LogP contribution in [0.2, 0.25) is 0 Å². The summed E-state index contributed by atoms with van der Waals surface area (Å²) in [5.41, 5.74) is 2.45. The molecule has 80 valence electrons. The van der Waals surface area contributed by atoms with Gasteiger partial charge in [0.15, 0.2) is 0 Å². The van der Waals surface area contributed by atoms with Gasteiger partial charge in [-0.2, -0.15) is 0 Å². The van der Waals surface area contributed by atoms with Gasteiger partial charge < -0.3 is 0 Å². The van der Waals surface area contributed by atoms with Gasteiger partial charge in [-0.3, -0.25) is 4.99 Å². The molecule has 1 heteroatoms. The summed E-state index contributed by atoms with van der Waals surface area (Å²) < 4.78 is 0. The van der Waals surface area contributed by atoms with E-state index in [1.807, 2.05) is 36.5 Å². The summed E-state index contributed by atoms with van der Waals surface area (Å²) in [5.74, 6) is 0.634. The van der Waals surface area contributed by atoms with Gasteiger partial charge in [-0.15, -0.1) is 0 Å². The fourth-order valence-electron chi connectivity index (χ4n) is 1.15. The molecule has 1 nitrogen and oxygen atoms in total. The summed E-state index contributed by atoms with van der Waals surface area (Å²) in [6.45, 7) is 6.58. The third-order valence-electron chi connectivity index (χ3n) is 2.45. The van der Waals surface area contributed by atoms with Gasteiger partial charge in [-0.25, -0.2) is 0 Å². The Morgan fingerprint density at radius 2 is 1.93 bits per heavy atom. The van der Waals surface area contributed by atoms with E-state index in [0.29, 0.717) is 5.92 Å². The Bertz CT molecular complexity index is 334. The van der Waals surface area contributed by atoms with E-state index in [1.54, 1.807) is 0 Å². The van der Waals surface area contributed by atoms with Crippen molar-refractivity contribution >= 4 is 11.9 Å². The molecular weight excluding hydrogens is 182 g/mol. The summed E-state index contributed by atoms with van der Waals surface area (Å²) >= 11 is 0. The van der Waals surface area contributed by atoms with Crippen LogP contribution in [0.3, 0.4) is 0 Å². The molecular formula is C14H19N. The topological polar surface area (TPSA) is 12.4 Å². The quantitative estimate of drug-likeness (QED) is 0.506. The van der Waals surface area contributed by atoms with Gasteiger partial charge in [0.05, 0.1) is 5.69 Å². The number of rotatable bonds is 4. The molecule has 0 atom stereocenters. The Labute approximate surface area is 92.6 Å². The largest absolute Gasteiger partial charge is 0.261 e. The highest BCUT2D eigenvalue weighted by Crippen LogP contribution is 2.10. The number of allylic oxidation sites excluding steroid dienone is 2. The Balaban J connectivity index is 2.45. The summed E-state index contributed by atoms with van der Waals surface area (Å²) in [7, 11) is 0. The number of hydrogen-bond donors (Lipinski definition) is 0. The third-order valence-corrected chi connectivity index (χ3v) is 2.45. The maximum absolute atomic E-state index is 4.37. The SMILES string of the molecule is CC(=CCC=Nc1ccccc1)C(C)C. The lowest BCUT2D eigenvalue weighted by molar-refractivity contribution is 0.766. The number of nitrogens with zero attached hydrogens (tertiary/aromatic N) is 1. The average molecular weight is 201 g/mol. The van der Waals surface area contributed by atoms with Crippen LogP contribution in [0.5, 0.6) is 0 Å². The third kappa shape index (κ3) is 4.59. The average Bonchev–Trinajstić information content (AvgIpc) is 2.25. The zero-order valence-corrected chi connectivity index (χ0v) is 9.77. The highest BCUT2D eigenvalue weighted by atomic mass is 14.7. The van der Waals surface area contributed by atoms with E-state index in [9.17, 15) is 0 Å². The van der Waals surface area contributed by atoms with Crippen molar-refractivity contribution < 1.29 is 0 Å². The van der Waals surface area contributed by atoms with Crippen LogP contribution >= 0.6 is 0 Å². The Hall–Kier alpha value is -1.37. The van der Waals surface area contributed by atoms with Gasteiger partial charge in [0.1, 0.15) is 0 Å². The van der Waals surface area contributed by atoms with Crippen LogP contribution in [0.4, 0.5) is 5.69 Å². The second-order valence-corrected chi connectivity index (χ2v) is 3.99. The fraction of sp³-hybridized carbons (Fsp3) is 0.357. The molecule has 1 aromatic rings. The Kier molecular flexibility index (Phi) is 4.82. The predicted octanol–water partition coefficient (Wildman–Crippen LogP) is 4.38. The Morgan fingerprint density at radius 3 is 2.53 bits per heavy atom. The smallest absolute Gasteiger partial charge is 0.0625 e. The predicted molar refractivity (Wildman–Crippen MR) is 67.8 cm³/mol. The van der Waals surface area contributed by atoms with E-state index in [4.69, 9.17) is 0 Å². The lowest BCUT2D eigenvalue weighted by Crippen LogP contribution is -1.88. The molecule has 0 unspecified atom stereocenters. The molecule has 0 radical (unpaired) electrons. The van der Waals surface area contributed by atoms with Gasteiger partial charge >= 0.3 is 0 Å². The van der Waals surface area contributed by atoms with Crippen molar-refractivity contribution in [1.82, 2.24) is 0 Å². The second kappa shape index (κ2) is 6.18. The molecule has 0 saturated carbocycles. The first kappa shape index (κ1) is 11.7. The maximum atomic E-state index is 4.37. The molecule has 1 rings (SSSR count). The standard InChI is InChI=1S/C14H19N/c1-12(2)13(3)8-7-11-15-14-9-5-4-6-10-14/h4-6,8-12H,7H2,1-3H3. The van der Waals surface area contributed by atoms with Gasteiger partial charge in [0.2, 0.25) is 0 Å². The van der Waals surface area contributed by atoms with Crippen LogP contribution in [-0.4, -0.2) is 6.21 Å². The number of hydrogen-bond acceptors (Lipinski definition) is 1. The summed E-state index contributed by atoms with van der Waals surface area (Å²) in [6.07, 6.45) is 5.11. The first-order valence-electron chi connectivity index (χ1n) is 5.44. The van der Waals surface area contributed by atoms with Crippen LogP contribution in [0.15, 0.2) is 47.0 Å². The fourth-order valence-corrected chi connectivity index (χ4v) is 1.15. The van der Waals surface area contributed by atoms with E-state index in [-0.39, 0.29) is 0 Å². The molecule has 0 heterocycles.